The number of carbonyl (C=O) groups is 1. The second-order valence-corrected chi connectivity index (χ2v) is 7.02. The van der Waals surface area contributed by atoms with E-state index < -0.39 is 5.91 Å². The fraction of sp³-hybridized carbons (Fsp3) is 0.0500. The third-order valence-electron chi connectivity index (χ3n) is 3.52. The van der Waals surface area contributed by atoms with Crippen molar-refractivity contribution in [2.45, 2.75) is 6.42 Å². The molecule has 4 nitrogen and oxygen atoms in total. The van der Waals surface area contributed by atoms with E-state index in [0.717, 1.165) is 16.0 Å². The highest BCUT2D eigenvalue weighted by molar-refractivity contribution is 7.15. The molecule has 0 atom stereocenters. The van der Waals surface area contributed by atoms with Gasteiger partial charge in [0.1, 0.15) is 11.6 Å². The van der Waals surface area contributed by atoms with Crippen molar-refractivity contribution in [3.05, 3.63) is 87.4 Å². The first-order chi connectivity index (χ1) is 12.6. The van der Waals surface area contributed by atoms with Crippen molar-refractivity contribution >= 4 is 40.1 Å². The summed E-state index contributed by atoms with van der Waals surface area (Å²) in [6.45, 7) is 0. The third kappa shape index (κ3) is 4.79. The molecule has 0 aliphatic heterocycles. The van der Waals surface area contributed by atoms with Crippen molar-refractivity contribution in [1.82, 2.24) is 4.98 Å². The van der Waals surface area contributed by atoms with Crippen molar-refractivity contribution in [2.24, 2.45) is 0 Å². The molecule has 3 aromatic rings. The lowest BCUT2D eigenvalue weighted by molar-refractivity contribution is -0.112. The zero-order valence-corrected chi connectivity index (χ0v) is 15.2. The minimum absolute atomic E-state index is 0.0304. The van der Waals surface area contributed by atoms with Crippen molar-refractivity contribution < 1.29 is 4.79 Å². The molecule has 0 unspecified atom stereocenters. The quantitative estimate of drug-likeness (QED) is 0.504. The zero-order chi connectivity index (χ0) is 18.4. The van der Waals surface area contributed by atoms with Gasteiger partial charge in [0.05, 0.1) is 0 Å². The average molecular weight is 380 g/mol. The molecule has 1 N–H and O–H groups in total. The lowest BCUT2D eigenvalue weighted by Gasteiger charge is -2.00. The van der Waals surface area contributed by atoms with Crippen LogP contribution in [-0.4, -0.2) is 10.9 Å². The number of carbonyl (C=O) groups excluding carboxylic acids is 1. The van der Waals surface area contributed by atoms with Gasteiger partial charge in [-0.05, 0) is 29.3 Å². The molecule has 26 heavy (non-hydrogen) atoms. The lowest BCUT2D eigenvalue weighted by atomic mass is 10.1. The molecule has 3 rings (SSSR count). The maximum atomic E-state index is 12.3. The average Bonchev–Trinajstić information content (AvgIpc) is 3.07. The molecule has 0 fully saturated rings. The summed E-state index contributed by atoms with van der Waals surface area (Å²) in [5.74, 6) is -0.472. The molecule has 2 aromatic carbocycles. The molecule has 1 amide bonds. The molecule has 0 aliphatic carbocycles. The Balaban J connectivity index is 1.69. The Labute approximate surface area is 160 Å². The minimum Gasteiger partial charge on any atom is -0.297 e. The monoisotopic (exact) mass is 379 g/mol. The maximum Gasteiger partial charge on any atom is 0.268 e. The van der Waals surface area contributed by atoms with Crippen molar-refractivity contribution in [3.63, 3.8) is 0 Å². The second-order valence-electron chi connectivity index (χ2n) is 5.47. The van der Waals surface area contributed by atoms with Gasteiger partial charge in [0, 0.05) is 22.5 Å². The number of benzene rings is 2. The number of nitrogens with zero attached hydrogens (tertiary/aromatic N) is 2. The van der Waals surface area contributed by atoms with Crippen LogP contribution < -0.4 is 5.32 Å². The SMILES string of the molecule is N#C/C(=C/c1ccccc1)C(=O)Nc1ncc(Cc2cccc(Cl)c2)s1. The van der Waals surface area contributed by atoms with Gasteiger partial charge >= 0.3 is 0 Å². The summed E-state index contributed by atoms with van der Waals surface area (Å²) in [5, 5.41) is 13.1. The fourth-order valence-corrected chi connectivity index (χ4v) is 3.38. The first-order valence-electron chi connectivity index (χ1n) is 7.81. The Morgan fingerprint density at radius 1 is 1.23 bits per heavy atom. The smallest absolute Gasteiger partial charge is 0.268 e. The number of hydrogen-bond donors (Lipinski definition) is 1. The lowest BCUT2D eigenvalue weighted by Crippen LogP contribution is -2.13. The van der Waals surface area contributed by atoms with E-state index in [2.05, 4.69) is 10.3 Å². The van der Waals surface area contributed by atoms with E-state index in [4.69, 9.17) is 11.6 Å². The molecule has 0 spiro atoms. The molecule has 0 saturated heterocycles. The molecule has 6 heteroatoms. The van der Waals surface area contributed by atoms with Crippen molar-refractivity contribution in [1.29, 1.82) is 5.26 Å². The van der Waals surface area contributed by atoms with Crippen LogP contribution in [0, 0.1) is 11.3 Å². The van der Waals surface area contributed by atoms with Crippen LogP contribution in [-0.2, 0) is 11.2 Å². The third-order valence-corrected chi connectivity index (χ3v) is 4.66. The summed E-state index contributed by atoms with van der Waals surface area (Å²) < 4.78 is 0. The Morgan fingerprint density at radius 3 is 2.77 bits per heavy atom. The normalized spacial score (nSPS) is 11.0. The van der Waals surface area contributed by atoms with E-state index in [1.54, 1.807) is 12.3 Å². The van der Waals surface area contributed by atoms with Gasteiger partial charge in [-0.1, -0.05) is 54.1 Å². The van der Waals surface area contributed by atoms with Crippen molar-refractivity contribution in [3.8, 4) is 6.07 Å². The standard InChI is InChI=1S/C20H14ClN3OS/c21-17-8-4-7-15(10-17)11-18-13-23-20(26-18)24-19(25)16(12-22)9-14-5-2-1-3-6-14/h1-10,13H,11H2,(H,23,24,25)/b16-9-. The van der Waals surface area contributed by atoms with Crippen LogP contribution in [0.4, 0.5) is 5.13 Å². The van der Waals surface area contributed by atoms with Crippen LogP contribution in [0.2, 0.25) is 5.02 Å². The summed E-state index contributed by atoms with van der Waals surface area (Å²) in [6, 6.07) is 18.8. The Morgan fingerprint density at radius 2 is 2.04 bits per heavy atom. The number of hydrogen-bond acceptors (Lipinski definition) is 4. The number of rotatable bonds is 5. The molecule has 0 aliphatic rings. The Kier molecular flexibility index (Phi) is 5.80. The molecule has 1 heterocycles. The van der Waals surface area contributed by atoms with Gasteiger partial charge in [0.15, 0.2) is 5.13 Å². The molecule has 0 radical (unpaired) electrons. The number of nitrogens with one attached hydrogen (secondary N) is 1. The van der Waals surface area contributed by atoms with Gasteiger partial charge in [-0.2, -0.15) is 5.26 Å². The van der Waals surface area contributed by atoms with Crippen LogP contribution in [0.3, 0.4) is 0 Å². The van der Waals surface area contributed by atoms with E-state index in [1.165, 1.54) is 11.3 Å². The highest BCUT2D eigenvalue weighted by atomic mass is 35.5. The summed E-state index contributed by atoms with van der Waals surface area (Å²) in [4.78, 5) is 17.5. The predicted molar refractivity (Wildman–Crippen MR) is 105 cm³/mol. The van der Waals surface area contributed by atoms with Crippen molar-refractivity contribution in [2.75, 3.05) is 5.32 Å². The first-order valence-corrected chi connectivity index (χ1v) is 9.01. The van der Waals surface area contributed by atoms with Gasteiger partial charge in [-0.3, -0.25) is 10.1 Å². The van der Waals surface area contributed by atoms with E-state index in [1.807, 2.05) is 60.7 Å². The number of halogens is 1. The first kappa shape index (κ1) is 17.9. The second kappa shape index (κ2) is 8.43. The summed E-state index contributed by atoms with van der Waals surface area (Å²) in [7, 11) is 0. The van der Waals surface area contributed by atoms with Crippen LogP contribution in [0.1, 0.15) is 16.0 Å². The Hall–Kier alpha value is -2.94. The van der Waals surface area contributed by atoms with Gasteiger partial charge in [-0.25, -0.2) is 4.98 Å². The number of aromatic nitrogens is 1. The topological polar surface area (TPSA) is 65.8 Å². The molecule has 128 valence electrons. The maximum absolute atomic E-state index is 12.3. The van der Waals surface area contributed by atoms with Crippen LogP contribution >= 0.6 is 22.9 Å². The van der Waals surface area contributed by atoms with E-state index in [0.29, 0.717) is 16.6 Å². The minimum atomic E-state index is -0.472. The predicted octanol–water partition coefficient (Wildman–Crippen LogP) is 4.93. The van der Waals surface area contributed by atoms with Crippen LogP contribution in [0.5, 0.6) is 0 Å². The van der Waals surface area contributed by atoms with E-state index in [9.17, 15) is 10.1 Å². The highest BCUT2D eigenvalue weighted by Crippen LogP contribution is 2.23. The van der Waals surface area contributed by atoms with E-state index >= 15 is 0 Å². The van der Waals surface area contributed by atoms with Gasteiger partial charge in [0.25, 0.3) is 5.91 Å². The fourth-order valence-electron chi connectivity index (χ4n) is 2.32. The summed E-state index contributed by atoms with van der Waals surface area (Å²) >= 11 is 7.37. The Bertz CT molecular complexity index is 990. The molecule has 0 bridgehead atoms. The molecular weight excluding hydrogens is 366 g/mol. The zero-order valence-electron chi connectivity index (χ0n) is 13.6. The van der Waals surface area contributed by atoms with Crippen LogP contribution in [0.25, 0.3) is 6.08 Å². The van der Waals surface area contributed by atoms with Gasteiger partial charge in [-0.15, -0.1) is 11.3 Å². The van der Waals surface area contributed by atoms with Gasteiger partial charge in [0.2, 0.25) is 0 Å². The number of anilines is 1. The summed E-state index contributed by atoms with van der Waals surface area (Å²) in [6.07, 6.45) is 3.95. The molecule has 0 saturated carbocycles. The summed E-state index contributed by atoms with van der Waals surface area (Å²) in [5.41, 5.74) is 1.89. The van der Waals surface area contributed by atoms with Crippen LogP contribution in [0.15, 0.2) is 66.4 Å². The van der Waals surface area contributed by atoms with E-state index in [-0.39, 0.29) is 5.57 Å². The van der Waals surface area contributed by atoms with Gasteiger partial charge < -0.3 is 0 Å². The number of nitriles is 1. The highest BCUT2D eigenvalue weighted by Gasteiger charge is 2.12. The number of amides is 1. The largest absolute Gasteiger partial charge is 0.297 e. The number of thiazole rings is 1. The molecule has 1 aromatic heterocycles. The molecular formula is C20H14ClN3OS.